The van der Waals surface area contributed by atoms with Crippen LogP contribution in [0.4, 0.5) is 0 Å². The van der Waals surface area contributed by atoms with E-state index in [1.54, 1.807) is 0 Å². The standard InChI is InChI=1S/C14H28N2/c1-11(2)15(5)13-9-7-8-10-14(13)16(6)12(3)4/h13-14H,7-10H2,1-6H3/q+2/t13-,14-/m1/s1. The minimum atomic E-state index is 0.693. The Balaban J connectivity index is 2.97. The molecule has 0 spiro atoms. The minimum absolute atomic E-state index is 0.693. The van der Waals surface area contributed by atoms with E-state index in [1.165, 1.54) is 37.1 Å². The van der Waals surface area contributed by atoms with Crippen LogP contribution in [0.5, 0.6) is 0 Å². The lowest BCUT2D eigenvalue weighted by Gasteiger charge is -2.26. The molecule has 0 saturated heterocycles. The zero-order valence-corrected chi connectivity index (χ0v) is 11.9. The van der Waals surface area contributed by atoms with Crippen molar-refractivity contribution in [1.82, 2.24) is 0 Å². The normalized spacial score (nSPS) is 25.1. The van der Waals surface area contributed by atoms with Crippen molar-refractivity contribution >= 4 is 11.4 Å². The molecule has 2 atom stereocenters. The van der Waals surface area contributed by atoms with Crippen molar-refractivity contribution in [3.63, 3.8) is 0 Å². The molecule has 2 nitrogen and oxygen atoms in total. The monoisotopic (exact) mass is 224 g/mol. The van der Waals surface area contributed by atoms with Gasteiger partial charge in [0.25, 0.3) is 0 Å². The zero-order valence-electron chi connectivity index (χ0n) is 11.9. The lowest BCUT2D eigenvalue weighted by Crippen LogP contribution is -2.46. The van der Waals surface area contributed by atoms with E-state index in [4.69, 9.17) is 0 Å². The van der Waals surface area contributed by atoms with Gasteiger partial charge in [0.2, 0.25) is 12.1 Å². The highest BCUT2D eigenvalue weighted by molar-refractivity contribution is 5.74. The predicted molar refractivity (Wildman–Crippen MR) is 71.1 cm³/mol. The molecule has 1 aliphatic rings. The van der Waals surface area contributed by atoms with Crippen molar-refractivity contribution < 1.29 is 9.15 Å². The van der Waals surface area contributed by atoms with Crippen LogP contribution >= 0.6 is 0 Å². The average Bonchev–Trinajstić information content (AvgIpc) is 2.26. The van der Waals surface area contributed by atoms with Gasteiger partial charge in [-0.3, -0.25) is 0 Å². The van der Waals surface area contributed by atoms with Crippen LogP contribution in [0, 0.1) is 0 Å². The first kappa shape index (κ1) is 13.4. The van der Waals surface area contributed by atoms with Crippen molar-refractivity contribution in [2.75, 3.05) is 14.1 Å². The molecule has 0 bridgehead atoms. The van der Waals surface area contributed by atoms with Gasteiger partial charge in [0.15, 0.2) is 0 Å². The molecule has 1 saturated carbocycles. The largest absolute Gasteiger partial charge is 0.231 e. The van der Waals surface area contributed by atoms with Crippen LogP contribution in [0.25, 0.3) is 0 Å². The maximum atomic E-state index is 2.48. The molecule has 1 fully saturated rings. The first-order valence-electron chi connectivity index (χ1n) is 6.51. The average molecular weight is 224 g/mol. The van der Waals surface area contributed by atoms with Crippen molar-refractivity contribution in [2.45, 2.75) is 65.5 Å². The van der Waals surface area contributed by atoms with Crippen molar-refractivity contribution in [3.05, 3.63) is 0 Å². The molecule has 1 aliphatic carbocycles. The van der Waals surface area contributed by atoms with Crippen molar-refractivity contribution in [3.8, 4) is 0 Å². The van der Waals surface area contributed by atoms with Crippen molar-refractivity contribution in [2.24, 2.45) is 0 Å². The highest BCUT2D eigenvalue weighted by Crippen LogP contribution is 2.23. The van der Waals surface area contributed by atoms with Gasteiger partial charge in [-0.25, -0.2) is 9.15 Å². The third kappa shape index (κ3) is 2.93. The molecule has 0 heterocycles. The summed E-state index contributed by atoms with van der Waals surface area (Å²) in [5.74, 6) is 0. The van der Waals surface area contributed by atoms with E-state index >= 15 is 0 Å². The summed E-state index contributed by atoms with van der Waals surface area (Å²) in [6.07, 6.45) is 5.44. The van der Waals surface area contributed by atoms with E-state index in [0.717, 1.165) is 0 Å². The summed E-state index contributed by atoms with van der Waals surface area (Å²) in [5, 5.41) is 0. The van der Waals surface area contributed by atoms with Crippen LogP contribution in [-0.2, 0) is 0 Å². The SMILES string of the molecule is CC(C)=[N+](C)[C@@H]1CCCC[C@H]1[N+](C)=C(C)C. The van der Waals surface area contributed by atoms with Crippen LogP contribution in [0.2, 0.25) is 0 Å². The molecule has 92 valence electrons. The fourth-order valence-corrected chi connectivity index (χ4v) is 2.66. The summed E-state index contributed by atoms with van der Waals surface area (Å²) < 4.78 is 4.95. The molecular formula is C14H28N2+2. The molecule has 0 unspecified atom stereocenters. The Morgan fingerprint density at radius 2 is 1.06 bits per heavy atom. The van der Waals surface area contributed by atoms with Crippen LogP contribution in [0.3, 0.4) is 0 Å². The van der Waals surface area contributed by atoms with Gasteiger partial charge in [0, 0.05) is 40.5 Å². The van der Waals surface area contributed by atoms with Gasteiger partial charge in [0.05, 0.1) is 0 Å². The molecule has 0 amide bonds. The predicted octanol–water partition coefficient (Wildman–Crippen LogP) is 2.54. The molecule has 2 heteroatoms. The Morgan fingerprint density at radius 1 is 0.750 bits per heavy atom. The minimum Gasteiger partial charge on any atom is -0.231 e. The molecule has 16 heavy (non-hydrogen) atoms. The molecule has 0 N–H and O–H groups in total. The Hall–Kier alpha value is -0.660. The van der Waals surface area contributed by atoms with E-state index in [-0.39, 0.29) is 0 Å². The second-order valence-corrected chi connectivity index (χ2v) is 5.54. The maximum Gasteiger partial charge on any atom is 0.212 e. The Morgan fingerprint density at radius 3 is 1.31 bits per heavy atom. The van der Waals surface area contributed by atoms with Gasteiger partial charge < -0.3 is 0 Å². The van der Waals surface area contributed by atoms with Gasteiger partial charge in [-0.2, -0.15) is 0 Å². The number of nitrogens with zero attached hydrogens (tertiary/aromatic N) is 2. The molecular weight excluding hydrogens is 196 g/mol. The fourth-order valence-electron chi connectivity index (χ4n) is 2.66. The molecule has 0 aromatic carbocycles. The van der Waals surface area contributed by atoms with E-state index in [2.05, 4.69) is 50.9 Å². The van der Waals surface area contributed by atoms with Gasteiger partial charge in [-0.15, -0.1) is 0 Å². The van der Waals surface area contributed by atoms with E-state index < -0.39 is 0 Å². The number of hydrogen-bond acceptors (Lipinski definition) is 0. The van der Waals surface area contributed by atoms with Crippen LogP contribution in [0.1, 0.15) is 53.4 Å². The lowest BCUT2D eigenvalue weighted by atomic mass is 9.89. The summed E-state index contributed by atoms with van der Waals surface area (Å²) in [6, 6.07) is 1.39. The molecule has 1 rings (SSSR count). The molecule has 0 aromatic rings. The highest BCUT2D eigenvalue weighted by atomic mass is 15.1. The first-order chi connectivity index (χ1) is 7.45. The Labute approximate surface area is 101 Å². The summed E-state index contributed by atoms with van der Waals surface area (Å²) in [5.41, 5.74) is 2.86. The van der Waals surface area contributed by atoms with E-state index in [9.17, 15) is 0 Å². The quantitative estimate of drug-likeness (QED) is 0.502. The number of rotatable bonds is 2. The Kier molecular flexibility index (Phi) is 4.69. The summed E-state index contributed by atoms with van der Waals surface area (Å²) in [6.45, 7) is 8.87. The van der Waals surface area contributed by atoms with Crippen LogP contribution in [-0.4, -0.2) is 46.8 Å². The Bertz CT molecular complexity index is 273. The van der Waals surface area contributed by atoms with E-state index in [1.807, 2.05) is 0 Å². The molecule has 0 radical (unpaired) electrons. The second-order valence-electron chi connectivity index (χ2n) is 5.54. The van der Waals surface area contributed by atoms with E-state index in [0.29, 0.717) is 12.1 Å². The summed E-state index contributed by atoms with van der Waals surface area (Å²) >= 11 is 0. The van der Waals surface area contributed by atoms with Gasteiger partial charge in [-0.1, -0.05) is 0 Å². The topological polar surface area (TPSA) is 6.02 Å². The van der Waals surface area contributed by atoms with Crippen LogP contribution < -0.4 is 0 Å². The number of likely N-dealkylation sites (N-methyl/N-ethyl adjacent to an activating group) is 2. The fraction of sp³-hybridized carbons (Fsp3) is 0.857. The van der Waals surface area contributed by atoms with Gasteiger partial charge >= 0.3 is 0 Å². The summed E-state index contributed by atoms with van der Waals surface area (Å²) in [4.78, 5) is 0. The zero-order chi connectivity index (χ0) is 12.3. The third-order valence-corrected chi connectivity index (χ3v) is 4.10. The van der Waals surface area contributed by atoms with Crippen LogP contribution in [0.15, 0.2) is 0 Å². The second kappa shape index (κ2) is 5.60. The number of hydrogen-bond donors (Lipinski definition) is 0. The van der Waals surface area contributed by atoms with Gasteiger partial charge in [-0.05, 0) is 12.8 Å². The lowest BCUT2D eigenvalue weighted by molar-refractivity contribution is -0.636. The first-order valence-corrected chi connectivity index (χ1v) is 6.51. The van der Waals surface area contributed by atoms with Crippen molar-refractivity contribution in [1.29, 1.82) is 0 Å². The smallest absolute Gasteiger partial charge is 0.212 e. The molecule has 0 aliphatic heterocycles. The highest BCUT2D eigenvalue weighted by Gasteiger charge is 2.38. The molecule has 0 aromatic heterocycles. The summed E-state index contributed by atoms with van der Waals surface area (Å²) in [7, 11) is 4.49. The maximum absolute atomic E-state index is 2.48. The third-order valence-electron chi connectivity index (χ3n) is 4.10. The van der Waals surface area contributed by atoms with Gasteiger partial charge in [0.1, 0.15) is 25.5 Å².